The lowest BCUT2D eigenvalue weighted by Gasteiger charge is -2.19. The van der Waals surface area contributed by atoms with E-state index in [1.165, 1.54) is 35.0 Å². The van der Waals surface area contributed by atoms with E-state index >= 15 is 0 Å². The molecule has 0 aliphatic rings. The Morgan fingerprint density at radius 3 is 1.19 bits per heavy atom. The van der Waals surface area contributed by atoms with Crippen molar-refractivity contribution in [1.82, 2.24) is 74.9 Å². The standard InChI is InChI=1S/C21H24ClN7O4.C16H16ClN7O2.C14H17N5O4.C10H13BrN2O2/c1-12(14-7-6-10-23-17(14)22)32-19(30)26-18-16(27-28-29(18)5)15-9-8-13(11-24-15)25-20(31)33-21(2,3)4;1-9(11-4-3-7-19-14(11)17)26-16(25)21-15-13(22-23-24(15)2)12-6-5-10(18)8-20-12;1-14(2,3)23-13(22)16-8-5-6-9(15-7-8)10-11(12(20)21)19(4)18-17-10;1-10(2,3)15-9(14)13-7-4-5-8(11)12-6-7/h6-12H,1-5H3,(H,25,31)(H,26,30);3-9H,18H2,1-2H3,(H,21,25);5-7H,1-4H3,(H,16,22)(H,20,21);4-6H,1-3H3,(H,13,14)/t12-;9-;;/m11../s1. The Kier molecular flexibility index (Phi) is 25.8. The second-order valence-electron chi connectivity index (χ2n) is 23.2. The largest absolute Gasteiger partial charge is 0.476 e. The van der Waals surface area contributed by atoms with E-state index in [1.54, 1.807) is 161 Å². The topological polar surface area (TPSA) is 424 Å². The van der Waals surface area contributed by atoms with Gasteiger partial charge in [0.25, 0.3) is 0 Å². The molecule has 97 heavy (non-hydrogen) atoms. The third kappa shape index (κ3) is 23.8. The number of hydrogen-bond donors (Lipinski definition) is 7. The zero-order valence-electron chi connectivity index (χ0n) is 54.9. The molecule has 36 heteroatoms. The third-order valence-corrected chi connectivity index (χ3v) is 12.9. The number of aromatic nitrogens is 15. The highest BCUT2D eigenvalue weighted by molar-refractivity contribution is 9.10. The Morgan fingerprint density at radius 1 is 0.485 bits per heavy atom. The van der Waals surface area contributed by atoms with Crippen LogP contribution in [-0.4, -0.2) is 133 Å². The first-order chi connectivity index (χ1) is 45.5. The number of nitrogen functional groups attached to an aromatic ring is 1. The van der Waals surface area contributed by atoms with Crippen LogP contribution < -0.4 is 32.3 Å². The summed E-state index contributed by atoms with van der Waals surface area (Å²) in [5.41, 5.74) is 9.19. The summed E-state index contributed by atoms with van der Waals surface area (Å²) in [6, 6.07) is 20.1. The number of pyridine rings is 6. The van der Waals surface area contributed by atoms with E-state index < -0.39 is 65.4 Å². The van der Waals surface area contributed by atoms with E-state index in [2.05, 4.69) is 103 Å². The molecule has 9 aromatic rings. The molecule has 0 bridgehead atoms. The van der Waals surface area contributed by atoms with Crippen LogP contribution in [0.1, 0.15) is 110 Å². The van der Waals surface area contributed by atoms with E-state index in [0.717, 1.165) is 9.28 Å². The van der Waals surface area contributed by atoms with Gasteiger partial charge in [0.2, 0.25) is 0 Å². The number of carboxylic acids is 1. The first-order valence-electron chi connectivity index (χ1n) is 28.9. The van der Waals surface area contributed by atoms with Gasteiger partial charge in [-0.15, -0.1) is 15.3 Å². The Morgan fingerprint density at radius 2 is 0.845 bits per heavy atom. The SMILES string of the molecule is CC(C)(C)OC(=O)Nc1ccc(Br)nc1.C[C@@H](OC(=O)Nc1c(-c2ccc(N)cn2)nnn1C)c1cccnc1Cl.C[C@@H](OC(=O)Nc1c(-c2ccc(NC(=O)OC(C)(C)C)cn2)nnn1C)c1cccnc1Cl.Cn1nnc(-c2ccc(NC(=O)OC(C)(C)C)cn2)c1C(=O)O. The van der Waals surface area contributed by atoms with Gasteiger partial charge in [0, 0.05) is 44.7 Å². The number of aryl methyl sites for hydroxylation is 3. The molecule has 9 rings (SSSR count). The lowest BCUT2D eigenvalue weighted by molar-refractivity contribution is 0.0624. The molecule has 9 heterocycles. The van der Waals surface area contributed by atoms with Gasteiger partial charge in [-0.05, 0) is 153 Å². The Bertz CT molecular complexity index is 4180. The van der Waals surface area contributed by atoms with Crippen molar-refractivity contribution < 1.29 is 57.6 Å². The quantitative estimate of drug-likeness (QED) is 0.0416. The van der Waals surface area contributed by atoms with Crippen LogP contribution in [0.2, 0.25) is 10.3 Å². The molecule has 0 radical (unpaired) electrons. The lowest BCUT2D eigenvalue weighted by atomic mass is 10.2. The third-order valence-electron chi connectivity index (χ3n) is 11.8. The van der Waals surface area contributed by atoms with Crippen LogP contribution in [-0.2, 0) is 44.8 Å². The summed E-state index contributed by atoms with van der Waals surface area (Å²) in [6.45, 7) is 19.4. The second-order valence-corrected chi connectivity index (χ2v) is 24.8. The number of nitrogens with one attached hydrogen (secondary N) is 5. The molecular weight excluding hydrogens is 1370 g/mol. The number of carbonyl (C=O) groups is 6. The van der Waals surface area contributed by atoms with Crippen molar-refractivity contribution in [2.24, 2.45) is 21.1 Å². The molecule has 0 saturated carbocycles. The van der Waals surface area contributed by atoms with Crippen LogP contribution in [0.3, 0.4) is 0 Å². The highest BCUT2D eigenvalue weighted by atomic mass is 79.9. The fraction of sp³-hybridized carbons (Fsp3) is 0.311. The van der Waals surface area contributed by atoms with Gasteiger partial charge in [-0.3, -0.25) is 41.5 Å². The van der Waals surface area contributed by atoms with Crippen molar-refractivity contribution in [3.05, 3.63) is 142 Å². The molecule has 0 aliphatic carbocycles. The van der Waals surface area contributed by atoms with E-state index in [9.17, 15) is 33.9 Å². The monoisotopic (exact) mass is 1440 g/mol. The van der Waals surface area contributed by atoms with Gasteiger partial charge in [0.05, 0.1) is 64.6 Å². The van der Waals surface area contributed by atoms with Crippen molar-refractivity contribution >= 4 is 110 Å². The molecule has 5 amide bonds. The molecule has 0 aliphatic heterocycles. The predicted octanol–water partition coefficient (Wildman–Crippen LogP) is 12.5. The maximum atomic E-state index is 12.5. The minimum Gasteiger partial charge on any atom is -0.476 e. The average Bonchev–Trinajstić information content (AvgIpc) is 1.71. The van der Waals surface area contributed by atoms with Gasteiger partial charge in [0.1, 0.15) is 49.6 Å². The van der Waals surface area contributed by atoms with Crippen molar-refractivity contribution in [3.8, 4) is 34.2 Å². The number of ether oxygens (including phenoxy) is 5. The zero-order valence-corrected chi connectivity index (χ0v) is 58.0. The van der Waals surface area contributed by atoms with Crippen LogP contribution in [0.15, 0.2) is 115 Å². The molecule has 2 atom stereocenters. The number of hydrogen-bond acceptors (Lipinski definition) is 24. The van der Waals surface area contributed by atoms with E-state index in [-0.39, 0.29) is 27.5 Å². The maximum Gasteiger partial charge on any atom is 0.413 e. The Balaban J connectivity index is 0.000000211. The molecule has 9 aromatic heterocycles. The van der Waals surface area contributed by atoms with Crippen molar-refractivity contribution in [1.29, 1.82) is 0 Å². The summed E-state index contributed by atoms with van der Waals surface area (Å²) < 4.78 is 30.9. The van der Waals surface area contributed by atoms with Gasteiger partial charge in [0.15, 0.2) is 28.7 Å². The molecule has 8 N–H and O–H groups in total. The molecule has 512 valence electrons. The second kappa shape index (κ2) is 33.4. The van der Waals surface area contributed by atoms with E-state index in [1.807, 2.05) is 20.8 Å². The number of halogens is 3. The van der Waals surface area contributed by atoms with Crippen LogP contribution in [0.25, 0.3) is 34.2 Å². The fourth-order valence-electron chi connectivity index (χ4n) is 7.69. The number of rotatable bonds is 13. The number of nitrogens with two attached hydrogens (primary N) is 1. The Labute approximate surface area is 574 Å². The number of amides is 5. The number of nitrogens with zero attached hydrogens (tertiary/aromatic N) is 15. The zero-order chi connectivity index (χ0) is 71.5. The normalized spacial score (nSPS) is 11.6. The maximum absolute atomic E-state index is 12.5. The molecule has 0 fully saturated rings. The van der Waals surface area contributed by atoms with Gasteiger partial charge >= 0.3 is 36.4 Å². The van der Waals surface area contributed by atoms with Crippen molar-refractivity contribution in [2.75, 3.05) is 32.3 Å². The summed E-state index contributed by atoms with van der Waals surface area (Å²) in [5, 5.41) is 46.1. The van der Waals surface area contributed by atoms with Gasteiger partial charge in [-0.1, -0.05) is 51.0 Å². The highest BCUT2D eigenvalue weighted by Gasteiger charge is 2.25. The minimum absolute atomic E-state index is 0.0645. The number of carboxylic acid groups (broad SMARTS) is 1. The highest BCUT2D eigenvalue weighted by Crippen LogP contribution is 2.30. The predicted molar refractivity (Wildman–Crippen MR) is 361 cm³/mol. The number of carbonyl (C=O) groups excluding carboxylic acids is 5. The van der Waals surface area contributed by atoms with Crippen LogP contribution in [0.4, 0.5) is 58.4 Å². The fourth-order valence-corrected chi connectivity index (χ4v) is 8.47. The summed E-state index contributed by atoms with van der Waals surface area (Å²) in [6.07, 6.45) is 4.70. The molecule has 0 unspecified atom stereocenters. The van der Waals surface area contributed by atoms with Gasteiger partial charge < -0.3 is 34.5 Å². The van der Waals surface area contributed by atoms with Crippen LogP contribution in [0, 0.1) is 0 Å². The smallest absolute Gasteiger partial charge is 0.413 e. The van der Waals surface area contributed by atoms with E-state index in [0.29, 0.717) is 68.2 Å². The van der Waals surface area contributed by atoms with E-state index in [4.69, 9.17) is 52.6 Å². The number of aromatic carboxylic acids is 1. The molecule has 33 nitrogen and oxygen atoms in total. The average molecular weight is 1440 g/mol. The van der Waals surface area contributed by atoms with Crippen molar-refractivity contribution in [2.45, 2.75) is 105 Å². The van der Waals surface area contributed by atoms with Crippen LogP contribution in [0.5, 0.6) is 0 Å². The summed E-state index contributed by atoms with van der Waals surface area (Å²) in [5.74, 6) is -0.521. The van der Waals surface area contributed by atoms with Gasteiger partial charge in [-0.2, -0.15) is 0 Å². The van der Waals surface area contributed by atoms with Gasteiger partial charge in [-0.25, -0.2) is 57.8 Å². The van der Waals surface area contributed by atoms with Crippen molar-refractivity contribution in [3.63, 3.8) is 0 Å². The molecular formula is C61H70BrCl2N21O12. The van der Waals surface area contributed by atoms with Crippen LogP contribution >= 0.6 is 39.1 Å². The summed E-state index contributed by atoms with van der Waals surface area (Å²) in [7, 11) is 4.75. The summed E-state index contributed by atoms with van der Waals surface area (Å²) in [4.78, 5) is 95.4. The first kappa shape index (κ1) is 75.0. The summed E-state index contributed by atoms with van der Waals surface area (Å²) >= 11 is 15.3. The number of anilines is 6. The first-order valence-corrected chi connectivity index (χ1v) is 30.4. The minimum atomic E-state index is -1.15. The lowest BCUT2D eigenvalue weighted by Crippen LogP contribution is -2.27. The Hall–Kier alpha value is -11.0. The molecule has 0 aromatic carbocycles. The molecule has 0 saturated heterocycles. The molecule has 0 spiro atoms.